The van der Waals surface area contributed by atoms with Gasteiger partial charge in [0.05, 0.1) is 6.04 Å². The van der Waals surface area contributed by atoms with Gasteiger partial charge in [0.15, 0.2) is 0 Å². The van der Waals surface area contributed by atoms with Crippen LogP contribution >= 0.6 is 31.9 Å². The zero-order valence-electron chi connectivity index (χ0n) is 9.82. The molecule has 1 unspecified atom stereocenters. The van der Waals surface area contributed by atoms with Crippen LogP contribution in [0.4, 0.5) is 0 Å². The van der Waals surface area contributed by atoms with Crippen LogP contribution in [0.15, 0.2) is 45.5 Å². The Labute approximate surface area is 123 Å². The van der Waals surface area contributed by atoms with Crippen molar-refractivity contribution in [3.8, 4) is 0 Å². The Hall–Kier alpha value is -0.750. The normalized spacial score (nSPS) is 12.4. The average molecular weight is 371 g/mol. The van der Waals surface area contributed by atoms with E-state index in [1.165, 1.54) is 0 Å². The number of nitrogens with one attached hydrogen (secondary N) is 1. The lowest BCUT2D eigenvalue weighted by Gasteiger charge is -2.18. The highest BCUT2D eigenvalue weighted by Gasteiger charge is 2.15. The fourth-order valence-electron chi connectivity index (χ4n) is 1.75. The van der Waals surface area contributed by atoms with E-state index in [-0.39, 0.29) is 6.04 Å². The molecule has 0 aliphatic heterocycles. The molecule has 0 aliphatic rings. The van der Waals surface area contributed by atoms with Crippen molar-refractivity contribution >= 4 is 31.9 Å². The minimum Gasteiger partial charge on any atom is -0.271 e. The summed E-state index contributed by atoms with van der Waals surface area (Å²) in [5.74, 6) is 5.68. The Bertz CT molecular complexity index is 540. The lowest BCUT2D eigenvalue weighted by atomic mass is 10.0. The molecular formula is C13H13Br2N3. The van der Waals surface area contributed by atoms with E-state index in [4.69, 9.17) is 5.84 Å². The van der Waals surface area contributed by atoms with Gasteiger partial charge in [-0.05, 0) is 42.3 Å². The molecular weight excluding hydrogens is 358 g/mol. The molecule has 0 fully saturated rings. The van der Waals surface area contributed by atoms with Gasteiger partial charge < -0.3 is 0 Å². The first-order valence-corrected chi connectivity index (χ1v) is 7.04. The van der Waals surface area contributed by atoms with Crippen LogP contribution in [-0.2, 0) is 0 Å². The molecule has 0 bridgehead atoms. The van der Waals surface area contributed by atoms with E-state index in [1.54, 1.807) is 0 Å². The first kappa shape index (κ1) is 13.7. The Morgan fingerprint density at radius 1 is 1.22 bits per heavy atom. The number of nitrogens with two attached hydrogens (primary N) is 1. The fraction of sp³-hybridized carbons (Fsp3) is 0.154. The lowest BCUT2D eigenvalue weighted by Crippen LogP contribution is -2.29. The predicted octanol–water partition coefficient (Wildman–Crippen LogP) is 3.47. The number of pyridine rings is 1. The summed E-state index contributed by atoms with van der Waals surface area (Å²) in [4.78, 5) is 4.30. The molecule has 2 rings (SSSR count). The van der Waals surface area contributed by atoms with E-state index in [0.717, 1.165) is 25.8 Å². The van der Waals surface area contributed by atoms with Crippen molar-refractivity contribution in [3.05, 3.63) is 62.3 Å². The zero-order valence-corrected chi connectivity index (χ0v) is 13.0. The maximum Gasteiger partial charge on any atom is 0.0736 e. The van der Waals surface area contributed by atoms with Gasteiger partial charge in [0.2, 0.25) is 0 Å². The highest BCUT2D eigenvalue weighted by molar-refractivity contribution is 9.11. The molecule has 94 valence electrons. The maximum absolute atomic E-state index is 5.68. The number of nitrogens with zero attached hydrogens (tertiary/aromatic N) is 1. The van der Waals surface area contributed by atoms with Crippen molar-refractivity contribution in [2.45, 2.75) is 13.0 Å². The van der Waals surface area contributed by atoms with Crippen LogP contribution < -0.4 is 11.3 Å². The highest BCUT2D eigenvalue weighted by Crippen LogP contribution is 2.30. The Morgan fingerprint density at radius 3 is 2.61 bits per heavy atom. The second-order valence-corrected chi connectivity index (χ2v) is 5.77. The van der Waals surface area contributed by atoms with Crippen molar-refractivity contribution < 1.29 is 0 Å². The van der Waals surface area contributed by atoms with E-state index in [2.05, 4.69) is 42.3 Å². The summed E-state index contributed by atoms with van der Waals surface area (Å²) in [6.07, 6.45) is 1.84. The molecule has 5 heteroatoms. The second kappa shape index (κ2) is 5.93. The third-order valence-electron chi connectivity index (χ3n) is 2.70. The molecule has 0 saturated heterocycles. The number of aromatic nitrogens is 1. The molecule has 1 aromatic heterocycles. The molecule has 1 atom stereocenters. The summed E-state index contributed by atoms with van der Waals surface area (Å²) in [6, 6.07) is 9.92. The Morgan fingerprint density at radius 2 is 2.00 bits per heavy atom. The summed E-state index contributed by atoms with van der Waals surface area (Å²) in [6.45, 7) is 1.96. The van der Waals surface area contributed by atoms with E-state index >= 15 is 0 Å². The summed E-state index contributed by atoms with van der Waals surface area (Å²) in [5, 5.41) is 0. The van der Waals surface area contributed by atoms with Gasteiger partial charge in [0, 0.05) is 20.8 Å². The standard InChI is InChI=1S/C13H13Br2N3/c1-8-2-3-9(7-17-8)13(18-16)11-6-10(14)4-5-12(11)15/h2-7,13,18H,16H2,1H3. The second-order valence-electron chi connectivity index (χ2n) is 4.00. The van der Waals surface area contributed by atoms with Crippen LogP contribution in [0.25, 0.3) is 0 Å². The first-order chi connectivity index (χ1) is 8.61. The van der Waals surface area contributed by atoms with Gasteiger partial charge in [-0.25, -0.2) is 5.43 Å². The molecule has 3 nitrogen and oxygen atoms in total. The Balaban J connectivity index is 2.44. The monoisotopic (exact) mass is 369 g/mol. The van der Waals surface area contributed by atoms with Gasteiger partial charge in [0.1, 0.15) is 0 Å². The van der Waals surface area contributed by atoms with Gasteiger partial charge in [0.25, 0.3) is 0 Å². The van der Waals surface area contributed by atoms with Crippen LogP contribution in [0.5, 0.6) is 0 Å². The maximum atomic E-state index is 5.68. The van der Waals surface area contributed by atoms with Gasteiger partial charge in [-0.1, -0.05) is 37.9 Å². The molecule has 0 spiro atoms. The number of hydrogen-bond acceptors (Lipinski definition) is 3. The third kappa shape index (κ3) is 2.98. The SMILES string of the molecule is Cc1ccc(C(NN)c2cc(Br)ccc2Br)cn1. The molecule has 1 heterocycles. The van der Waals surface area contributed by atoms with Crippen LogP contribution in [0, 0.1) is 6.92 Å². The molecule has 1 aromatic carbocycles. The van der Waals surface area contributed by atoms with Crippen LogP contribution in [-0.4, -0.2) is 4.98 Å². The van der Waals surface area contributed by atoms with Crippen molar-refractivity contribution in [1.29, 1.82) is 0 Å². The van der Waals surface area contributed by atoms with E-state index in [9.17, 15) is 0 Å². The largest absolute Gasteiger partial charge is 0.271 e. The molecule has 0 aliphatic carbocycles. The molecule has 18 heavy (non-hydrogen) atoms. The van der Waals surface area contributed by atoms with E-state index in [0.29, 0.717) is 0 Å². The smallest absolute Gasteiger partial charge is 0.0736 e. The van der Waals surface area contributed by atoms with Gasteiger partial charge in [-0.2, -0.15) is 0 Å². The van der Waals surface area contributed by atoms with Gasteiger partial charge in [-0.3, -0.25) is 10.8 Å². The van der Waals surface area contributed by atoms with E-state index < -0.39 is 0 Å². The summed E-state index contributed by atoms with van der Waals surface area (Å²) in [5.41, 5.74) is 5.92. The summed E-state index contributed by atoms with van der Waals surface area (Å²) < 4.78 is 2.02. The van der Waals surface area contributed by atoms with Crippen molar-refractivity contribution in [2.24, 2.45) is 5.84 Å². The fourth-order valence-corrected chi connectivity index (χ4v) is 2.61. The predicted molar refractivity (Wildman–Crippen MR) is 80.0 cm³/mol. The Kier molecular flexibility index (Phi) is 4.50. The summed E-state index contributed by atoms with van der Waals surface area (Å²) >= 11 is 7.02. The first-order valence-electron chi connectivity index (χ1n) is 5.45. The van der Waals surface area contributed by atoms with Crippen LogP contribution in [0.2, 0.25) is 0 Å². The molecule has 0 saturated carbocycles. The topological polar surface area (TPSA) is 50.9 Å². The van der Waals surface area contributed by atoms with Gasteiger partial charge in [-0.15, -0.1) is 0 Å². The minimum absolute atomic E-state index is 0.0926. The van der Waals surface area contributed by atoms with Crippen LogP contribution in [0.3, 0.4) is 0 Å². The van der Waals surface area contributed by atoms with Crippen molar-refractivity contribution in [3.63, 3.8) is 0 Å². The molecule has 0 amide bonds. The third-order valence-corrected chi connectivity index (χ3v) is 3.92. The van der Waals surface area contributed by atoms with Crippen molar-refractivity contribution in [1.82, 2.24) is 10.4 Å². The average Bonchev–Trinajstić information content (AvgIpc) is 2.37. The number of halogens is 2. The number of benzene rings is 1. The quantitative estimate of drug-likeness (QED) is 0.642. The number of hydrogen-bond donors (Lipinski definition) is 2. The molecule has 0 radical (unpaired) electrons. The minimum atomic E-state index is -0.0926. The zero-order chi connectivity index (χ0) is 13.1. The molecule has 3 N–H and O–H groups in total. The summed E-state index contributed by atoms with van der Waals surface area (Å²) in [7, 11) is 0. The molecule has 2 aromatic rings. The highest BCUT2D eigenvalue weighted by atomic mass is 79.9. The number of aryl methyl sites for hydroxylation is 1. The number of hydrazine groups is 1. The van der Waals surface area contributed by atoms with Crippen LogP contribution in [0.1, 0.15) is 22.9 Å². The number of rotatable bonds is 3. The van der Waals surface area contributed by atoms with Gasteiger partial charge >= 0.3 is 0 Å². The lowest BCUT2D eigenvalue weighted by molar-refractivity contribution is 0.632. The van der Waals surface area contributed by atoms with E-state index in [1.807, 2.05) is 43.5 Å². The van der Waals surface area contributed by atoms with Crippen molar-refractivity contribution in [2.75, 3.05) is 0 Å².